The number of hydrogen-bond donors (Lipinski definition) is 0. The van der Waals surface area contributed by atoms with E-state index in [9.17, 15) is 0 Å². The van der Waals surface area contributed by atoms with Gasteiger partial charge in [0.25, 0.3) is 0 Å². The largest absolute Gasteiger partial charge is 2.00 e. The Bertz CT molecular complexity index is 17.7. The average molecular weight is 209 g/mol. The van der Waals surface area contributed by atoms with Crippen LogP contribution < -0.4 is 0 Å². The normalized spacial score (nSPS) is 1.60. The van der Waals surface area contributed by atoms with Gasteiger partial charge in [0.05, 0.1) is 0 Å². The van der Waals surface area contributed by atoms with Crippen molar-refractivity contribution in [3.63, 3.8) is 0 Å². The Morgan fingerprint density at radius 3 is 1.40 bits per heavy atom. The molecular weight excluding hydrogens is 201 g/mol. The molecule has 0 saturated heterocycles. The first-order chi connectivity index (χ1) is 1.00. The van der Waals surface area contributed by atoms with E-state index >= 15 is 0 Å². The molecule has 0 heterocycles. The van der Waals surface area contributed by atoms with E-state index in [-0.39, 0.29) is 87.4 Å². The molecule has 0 spiro atoms. The molecular formula is H8AlBSiSrTi. The minimum absolute atomic E-state index is 0. The minimum Gasteiger partial charge on any atom is -1.00 e. The van der Waals surface area contributed by atoms with Crippen LogP contribution in [0.3, 0.4) is 0 Å². The molecule has 0 aliphatic heterocycles. The van der Waals surface area contributed by atoms with Crippen LogP contribution in [0.1, 0.15) is 2.85 Å². The van der Waals surface area contributed by atoms with Crippen molar-refractivity contribution in [2.45, 2.75) is 0 Å². The van der Waals surface area contributed by atoms with E-state index in [2.05, 4.69) is 7.44 Å². The Kier molecular flexibility index (Phi) is 137. The summed E-state index contributed by atoms with van der Waals surface area (Å²) in [4.78, 5) is 0. The van der Waals surface area contributed by atoms with Gasteiger partial charge in [-0.05, 0) is 10.1 Å². The number of hydrogen-bond acceptors (Lipinski definition) is 0. The standard InChI is InChI=1S/Al.BH3Si.Sr.Ti.5H/c;1-2;;;;;;;/h;2H3;;;;;;;/q;;+2;;;;;2*-1. The van der Waals surface area contributed by atoms with Gasteiger partial charge in [0.2, 0.25) is 0 Å². The van der Waals surface area contributed by atoms with Crippen LogP contribution in [0.2, 0.25) is 0 Å². The third-order valence-corrected chi connectivity index (χ3v) is 0. The van der Waals surface area contributed by atoms with Crippen molar-refractivity contribution in [1.82, 2.24) is 0 Å². The fraction of sp³-hybridized carbons (Fsp3) is 0. The van der Waals surface area contributed by atoms with Crippen LogP contribution in [0.4, 0.5) is 0 Å². The van der Waals surface area contributed by atoms with Crippen molar-refractivity contribution in [3.8, 4) is 0 Å². The molecule has 0 aromatic heterocycles. The third-order valence-electron chi connectivity index (χ3n) is 0. The fourth-order valence-corrected chi connectivity index (χ4v) is 0. The summed E-state index contributed by atoms with van der Waals surface area (Å²) in [5.41, 5.74) is 0. The molecule has 0 atom stereocenters. The maximum Gasteiger partial charge on any atom is 2.00 e. The molecule has 0 saturated carbocycles. The van der Waals surface area contributed by atoms with Gasteiger partial charge < -0.3 is 2.85 Å². The summed E-state index contributed by atoms with van der Waals surface area (Å²) in [6.45, 7) is 0. The predicted octanol–water partition coefficient (Wildman–Crippen LogP) is -2.91. The summed E-state index contributed by atoms with van der Waals surface area (Å²) in [5, 5.41) is 0. The van der Waals surface area contributed by atoms with Crippen LogP contribution >= 0.6 is 0 Å². The van der Waals surface area contributed by atoms with Crippen molar-refractivity contribution in [2.75, 3.05) is 0 Å². The van der Waals surface area contributed by atoms with Crippen LogP contribution in [0.15, 0.2) is 0 Å². The summed E-state index contributed by atoms with van der Waals surface area (Å²) in [6.07, 6.45) is 0. The summed E-state index contributed by atoms with van der Waals surface area (Å²) in [5.74, 6) is 0. The first kappa shape index (κ1) is 24.5. The molecule has 0 rings (SSSR count). The van der Waals surface area contributed by atoms with Crippen molar-refractivity contribution < 1.29 is 24.6 Å². The zero-order valence-electron chi connectivity index (χ0n) is 4.78. The molecule has 0 aliphatic rings. The predicted molar refractivity (Wildman–Crippen MR) is 33.6 cm³/mol. The van der Waals surface area contributed by atoms with Gasteiger partial charge in [-0.3, -0.25) is 0 Å². The van der Waals surface area contributed by atoms with E-state index in [1.165, 1.54) is 0 Å². The molecule has 0 amide bonds. The Hall–Kier alpha value is 3.01. The van der Waals surface area contributed by atoms with Gasteiger partial charge in [-0.1, -0.05) is 0 Å². The van der Waals surface area contributed by atoms with Crippen molar-refractivity contribution >= 4 is 80.4 Å². The van der Waals surface area contributed by atoms with Gasteiger partial charge in [-0.25, -0.2) is 0 Å². The smallest absolute Gasteiger partial charge is 1.00 e. The van der Waals surface area contributed by atoms with Crippen molar-refractivity contribution in [1.29, 1.82) is 0 Å². The Labute approximate surface area is 103 Å². The minimum atomic E-state index is 0. The molecule has 24 valence electrons. The molecule has 0 N–H and O–H groups in total. The Morgan fingerprint density at radius 1 is 1.40 bits per heavy atom. The van der Waals surface area contributed by atoms with E-state index in [0.29, 0.717) is 0 Å². The van der Waals surface area contributed by atoms with Crippen LogP contribution in [0.25, 0.3) is 0 Å². The molecule has 0 bridgehead atoms. The van der Waals surface area contributed by atoms with Crippen LogP contribution in [-0.4, -0.2) is 80.4 Å². The van der Waals surface area contributed by atoms with E-state index in [1.807, 2.05) is 0 Å². The molecule has 0 unspecified atom stereocenters. The van der Waals surface area contributed by atoms with E-state index < -0.39 is 0 Å². The quantitative estimate of drug-likeness (QED) is 0.375. The van der Waals surface area contributed by atoms with Gasteiger partial charge >= 0.3 is 45.5 Å². The maximum absolute atomic E-state index is 4.64. The van der Waals surface area contributed by atoms with Crippen molar-refractivity contribution in [2.24, 2.45) is 0 Å². The Morgan fingerprint density at radius 2 is 1.40 bits per heavy atom. The second-order valence-corrected chi connectivity index (χ2v) is 0. The first-order valence-corrected chi connectivity index (χ1v) is 1.73. The van der Waals surface area contributed by atoms with Crippen molar-refractivity contribution in [3.05, 3.63) is 0 Å². The van der Waals surface area contributed by atoms with Crippen LogP contribution in [0, 0.1) is 0 Å². The molecule has 5 heteroatoms. The summed E-state index contributed by atoms with van der Waals surface area (Å²) >= 11 is 0. The molecule has 5 heavy (non-hydrogen) atoms. The number of rotatable bonds is 0. The third kappa shape index (κ3) is 19.4. The molecule has 0 aromatic carbocycles. The van der Waals surface area contributed by atoms with E-state index in [0.717, 1.165) is 10.1 Å². The molecule has 2 radical (unpaired) electrons. The Balaban J connectivity index is -0.000000000500. The second kappa shape index (κ2) is 28.0. The van der Waals surface area contributed by atoms with Gasteiger partial charge in [-0.15, -0.1) is 0 Å². The van der Waals surface area contributed by atoms with Gasteiger partial charge in [0.15, 0.2) is 17.4 Å². The topological polar surface area (TPSA) is 0 Å². The molecule has 0 nitrogen and oxygen atoms in total. The zero-order chi connectivity index (χ0) is 2.00. The molecule has 0 fully saturated rings. The van der Waals surface area contributed by atoms with Gasteiger partial charge in [0, 0.05) is 29.2 Å². The second-order valence-electron chi connectivity index (χ2n) is 0. The fourth-order valence-electron chi connectivity index (χ4n) is 0. The first-order valence-electron chi connectivity index (χ1n) is 0.577. The van der Waals surface area contributed by atoms with E-state index in [1.54, 1.807) is 0 Å². The van der Waals surface area contributed by atoms with E-state index in [4.69, 9.17) is 0 Å². The zero-order valence-corrected chi connectivity index (χ0v) is 9.82. The summed E-state index contributed by atoms with van der Waals surface area (Å²) < 4.78 is 0. The summed E-state index contributed by atoms with van der Waals surface area (Å²) in [7, 11) is 5.44. The maximum atomic E-state index is 4.64. The van der Waals surface area contributed by atoms with Gasteiger partial charge in [-0.2, -0.15) is 0 Å². The molecule has 0 aliphatic carbocycles. The monoisotopic (exact) mass is 210 g/mol. The van der Waals surface area contributed by atoms with Crippen LogP contribution in [0.5, 0.6) is 0 Å². The molecule has 0 aromatic rings. The summed E-state index contributed by atoms with van der Waals surface area (Å²) in [6, 6.07) is 0. The average Bonchev–Trinajstić information content (AvgIpc) is 1.00. The van der Waals surface area contributed by atoms with Crippen LogP contribution in [-0.2, 0) is 21.7 Å². The SMILES string of the molecule is [AlH3].[B][SiH3].[H-].[H-].[Sr+2].[Ti]. The van der Waals surface area contributed by atoms with Gasteiger partial charge in [0.1, 0.15) is 0 Å².